The van der Waals surface area contributed by atoms with E-state index in [0.717, 1.165) is 23.4 Å². The van der Waals surface area contributed by atoms with Gasteiger partial charge in [-0.3, -0.25) is 0 Å². The van der Waals surface area contributed by atoms with Gasteiger partial charge >= 0.3 is 0 Å². The molecule has 1 aliphatic heterocycles. The second-order valence-corrected chi connectivity index (χ2v) is 11.2. The Bertz CT molecular complexity index is 1290. The fourth-order valence-corrected chi connectivity index (χ4v) is 6.06. The highest BCUT2D eigenvalue weighted by molar-refractivity contribution is 7.89. The van der Waals surface area contributed by atoms with Crippen molar-refractivity contribution in [1.82, 2.24) is 4.72 Å². The fourth-order valence-electron chi connectivity index (χ4n) is 4.22. The average Bonchev–Trinajstić information content (AvgIpc) is 2.78. The summed E-state index contributed by atoms with van der Waals surface area (Å²) in [5.41, 5.74) is 1.84. The molecule has 4 nitrogen and oxygen atoms in total. The Morgan fingerprint density at radius 1 is 0.912 bits per heavy atom. The van der Waals surface area contributed by atoms with Crippen molar-refractivity contribution in [1.29, 1.82) is 0 Å². The van der Waals surface area contributed by atoms with E-state index in [2.05, 4.69) is 9.62 Å². The second kappa shape index (κ2) is 10.4. The summed E-state index contributed by atoms with van der Waals surface area (Å²) >= 11 is 18.7. The van der Waals surface area contributed by atoms with E-state index in [1.54, 1.807) is 24.3 Å². The molecule has 2 atom stereocenters. The number of hydrogen-bond acceptors (Lipinski definition) is 3. The van der Waals surface area contributed by atoms with E-state index in [1.165, 1.54) is 0 Å². The number of halogens is 5. The van der Waals surface area contributed by atoms with Gasteiger partial charge in [0.15, 0.2) is 0 Å². The van der Waals surface area contributed by atoms with Crippen molar-refractivity contribution >= 4 is 50.5 Å². The Balaban J connectivity index is 1.55. The molecule has 2 unspecified atom stereocenters. The number of nitrogens with one attached hydrogen (secondary N) is 1. The summed E-state index contributed by atoms with van der Waals surface area (Å²) in [7, 11) is -4.14. The molecule has 1 N–H and O–H groups in total. The molecule has 34 heavy (non-hydrogen) atoms. The molecule has 0 aliphatic carbocycles. The molecule has 1 aliphatic rings. The Morgan fingerprint density at radius 3 is 2.29 bits per heavy atom. The minimum Gasteiger partial charge on any atom is -0.364 e. The smallest absolute Gasteiger partial charge is 0.243 e. The van der Waals surface area contributed by atoms with Crippen LogP contribution >= 0.6 is 34.8 Å². The monoisotopic (exact) mass is 544 g/mol. The van der Waals surface area contributed by atoms with E-state index in [1.807, 2.05) is 18.2 Å². The van der Waals surface area contributed by atoms with Crippen LogP contribution in [0.25, 0.3) is 0 Å². The summed E-state index contributed by atoms with van der Waals surface area (Å²) in [6.45, 7) is 0.629. The Labute approximate surface area is 212 Å². The molecule has 0 aromatic heterocycles. The average molecular weight is 546 g/mol. The summed E-state index contributed by atoms with van der Waals surface area (Å²) < 4.78 is 54.9. The van der Waals surface area contributed by atoms with Crippen LogP contribution in [0.5, 0.6) is 0 Å². The molecule has 10 heteroatoms. The molecule has 1 saturated heterocycles. The van der Waals surface area contributed by atoms with Crippen LogP contribution in [0.4, 0.5) is 14.5 Å². The summed E-state index contributed by atoms with van der Waals surface area (Å²) in [4.78, 5) is 1.58. The summed E-state index contributed by atoms with van der Waals surface area (Å²) in [5, 5.41) is 1.71. The zero-order valence-electron chi connectivity index (χ0n) is 17.8. The van der Waals surface area contributed by atoms with E-state index in [0.29, 0.717) is 40.5 Å². The molecule has 0 bridgehead atoms. The number of sulfonamides is 1. The van der Waals surface area contributed by atoms with Crippen LogP contribution in [0.1, 0.15) is 24.4 Å². The number of nitrogens with zero attached hydrogens (tertiary/aromatic N) is 1. The van der Waals surface area contributed by atoms with Crippen molar-refractivity contribution in [2.45, 2.75) is 23.8 Å². The largest absolute Gasteiger partial charge is 0.364 e. The normalized spacial score (nSPS) is 18.8. The number of anilines is 1. The summed E-state index contributed by atoms with van der Waals surface area (Å²) in [6.07, 6.45) is 1.42. The predicted octanol–water partition coefficient (Wildman–Crippen LogP) is 6.86. The van der Waals surface area contributed by atoms with Crippen molar-refractivity contribution in [3.63, 3.8) is 0 Å². The first-order valence-corrected chi connectivity index (χ1v) is 13.2. The van der Waals surface area contributed by atoms with Crippen LogP contribution in [0, 0.1) is 17.6 Å². The van der Waals surface area contributed by atoms with Gasteiger partial charge in [-0.25, -0.2) is 21.9 Å². The number of rotatable bonds is 6. The van der Waals surface area contributed by atoms with Crippen LogP contribution < -0.4 is 9.62 Å². The summed E-state index contributed by atoms with van der Waals surface area (Å²) in [6, 6.07) is 15.1. The topological polar surface area (TPSA) is 49.4 Å². The molecule has 0 saturated carbocycles. The number of piperidine rings is 1. The van der Waals surface area contributed by atoms with Crippen molar-refractivity contribution < 1.29 is 17.2 Å². The van der Waals surface area contributed by atoms with Crippen molar-refractivity contribution in [3.05, 3.63) is 92.9 Å². The van der Waals surface area contributed by atoms with E-state index in [4.69, 9.17) is 34.8 Å². The third kappa shape index (κ3) is 5.66. The lowest BCUT2D eigenvalue weighted by molar-refractivity contribution is 0.358. The van der Waals surface area contributed by atoms with Crippen LogP contribution in [-0.2, 0) is 10.0 Å². The van der Waals surface area contributed by atoms with Gasteiger partial charge in [0.1, 0.15) is 16.5 Å². The minimum atomic E-state index is -4.14. The molecule has 1 heterocycles. The van der Waals surface area contributed by atoms with Gasteiger partial charge in [-0.1, -0.05) is 40.9 Å². The zero-order valence-corrected chi connectivity index (χ0v) is 20.9. The Hall–Kier alpha value is -1.90. The molecule has 180 valence electrons. The molecule has 1 fully saturated rings. The van der Waals surface area contributed by atoms with Crippen molar-refractivity contribution in [2.75, 3.05) is 18.0 Å². The van der Waals surface area contributed by atoms with E-state index in [-0.39, 0.29) is 18.5 Å². The molecule has 0 spiro atoms. The molecular weight excluding hydrogens is 525 g/mol. The standard InChI is InChI=1S/C24H21Cl3F2N2O2S/c25-16-2-6-19(7-3-16)31-14-15(1-9-23(31)20-8-4-17(26)11-21(20)27)13-30-34(32,33)24-10-5-18(28)12-22(24)29/h2-8,10-12,15,23,30H,1,9,13-14H2. The Morgan fingerprint density at radius 2 is 1.62 bits per heavy atom. The van der Waals surface area contributed by atoms with Crippen molar-refractivity contribution in [2.24, 2.45) is 5.92 Å². The first-order chi connectivity index (χ1) is 16.1. The molecule has 0 radical (unpaired) electrons. The number of benzene rings is 3. The van der Waals surface area contributed by atoms with Gasteiger partial charge in [-0.05, 0) is 72.9 Å². The van der Waals surface area contributed by atoms with Gasteiger partial charge in [0.2, 0.25) is 10.0 Å². The highest BCUT2D eigenvalue weighted by Crippen LogP contribution is 2.40. The SMILES string of the molecule is O=S(=O)(NCC1CCC(c2ccc(Cl)cc2Cl)N(c2ccc(Cl)cc2)C1)c1ccc(F)cc1F. The lowest BCUT2D eigenvalue weighted by Crippen LogP contribution is -2.43. The van der Waals surface area contributed by atoms with E-state index >= 15 is 0 Å². The minimum absolute atomic E-state index is 0.0478. The van der Waals surface area contributed by atoms with Crippen molar-refractivity contribution in [3.8, 4) is 0 Å². The van der Waals surface area contributed by atoms with Gasteiger partial charge < -0.3 is 4.90 Å². The highest BCUT2D eigenvalue weighted by Gasteiger charge is 2.32. The maximum Gasteiger partial charge on any atom is 0.243 e. The lowest BCUT2D eigenvalue weighted by Gasteiger charge is -2.42. The van der Waals surface area contributed by atoms with Gasteiger partial charge in [0.25, 0.3) is 0 Å². The number of hydrogen-bond donors (Lipinski definition) is 1. The van der Waals surface area contributed by atoms with E-state index < -0.39 is 26.6 Å². The highest BCUT2D eigenvalue weighted by atomic mass is 35.5. The van der Waals surface area contributed by atoms with Crippen LogP contribution in [-0.4, -0.2) is 21.5 Å². The van der Waals surface area contributed by atoms with Crippen LogP contribution in [0.3, 0.4) is 0 Å². The Kier molecular flexibility index (Phi) is 7.69. The molecule has 0 amide bonds. The first-order valence-electron chi connectivity index (χ1n) is 10.6. The zero-order chi connectivity index (χ0) is 24.5. The first kappa shape index (κ1) is 25.2. The van der Waals surface area contributed by atoms with Crippen LogP contribution in [0.2, 0.25) is 15.1 Å². The van der Waals surface area contributed by atoms with Gasteiger partial charge in [0, 0.05) is 39.9 Å². The summed E-state index contributed by atoms with van der Waals surface area (Å²) in [5.74, 6) is -2.03. The van der Waals surface area contributed by atoms with Gasteiger partial charge in [0.05, 0.1) is 6.04 Å². The third-order valence-corrected chi connectivity index (χ3v) is 8.18. The maximum absolute atomic E-state index is 14.0. The fraction of sp³-hybridized carbons (Fsp3) is 0.250. The third-order valence-electron chi connectivity index (χ3n) is 5.90. The van der Waals surface area contributed by atoms with E-state index in [9.17, 15) is 17.2 Å². The second-order valence-electron chi connectivity index (χ2n) is 8.18. The quantitative estimate of drug-likeness (QED) is 0.368. The van der Waals surface area contributed by atoms with Gasteiger partial charge in [-0.15, -0.1) is 0 Å². The van der Waals surface area contributed by atoms with Crippen LogP contribution in [0.15, 0.2) is 65.6 Å². The molecule has 4 rings (SSSR count). The predicted molar refractivity (Wildman–Crippen MR) is 132 cm³/mol. The molecular formula is C24H21Cl3F2N2O2S. The van der Waals surface area contributed by atoms with Gasteiger partial charge in [-0.2, -0.15) is 0 Å². The molecule has 3 aromatic carbocycles. The lowest BCUT2D eigenvalue weighted by atomic mass is 9.88. The molecule has 3 aromatic rings. The maximum atomic E-state index is 14.0.